The number of esters is 1. The molecule has 1 unspecified atom stereocenters. The normalized spacial score (nSPS) is 26.1. The molecule has 0 radical (unpaired) electrons. The lowest BCUT2D eigenvalue weighted by atomic mass is 9.78. The molecule has 0 aromatic carbocycles. The van der Waals surface area contributed by atoms with Gasteiger partial charge in [-0.05, 0) is 69.8 Å². The molecular weight excluding hydrogens is 452 g/mol. The Kier molecular flexibility index (Phi) is 8.97. The van der Waals surface area contributed by atoms with Gasteiger partial charge in [0, 0.05) is 12.3 Å². The summed E-state index contributed by atoms with van der Waals surface area (Å²) < 4.78 is 18.1. The minimum absolute atomic E-state index is 0.00482. The van der Waals surface area contributed by atoms with Crippen molar-refractivity contribution in [3.05, 3.63) is 12.2 Å². The van der Waals surface area contributed by atoms with Crippen LogP contribution in [0.25, 0.3) is 0 Å². The topological polar surface area (TPSA) is 99.1 Å². The molecule has 4 atom stereocenters. The number of aliphatic carboxylic acids is 1. The summed E-state index contributed by atoms with van der Waals surface area (Å²) in [5.41, 5.74) is -1.14. The lowest BCUT2D eigenvalue weighted by Gasteiger charge is -2.38. The molecule has 7 nitrogen and oxygen atoms in total. The van der Waals surface area contributed by atoms with Crippen LogP contribution in [0, 0.1) is 11.3 Å². The van der Waals surface area contributed by atoms with E-state index in [2.05, 4.69) is 33.9 Å². The van der Waals surface area contributed by atoms with Crippen LogP contribution in [-0.2, 0) is 28.3 Å². The summed E-state index contributed by atoms with van der Waals surface area (Å²) in [5.74, 6) is -1.37. The molecule has 2 heterocycles. The number of hydrogen-bond donors (Lipinski definition) is 1. The van der Waals surface area contributed by atoms with Crippen LogP contribution in [0.5, 0.6) is 0 Å². The number of rotatable bonds is 12. The van der Waals surface area contributed by atoms with Crippen molar-refractivity contribution in [2.75, 3.05) is 6.61 Å². The fourth-order valence-corrected chi connectivity index (χ4v) is 5.61. The van der Waals surface area contributed by atoms with E-state index in [9.17, 15) is 19.5 Å². The van der Waals surface area contributed by atoms with Gasteiger partial charge in [-0.3, -0.25) is 14.4 Å². The number of carbonyl (C=O) groups excluding carboxylic acids is 2. The van der Waals surface area contributed by atoms with E-state index >= 15 is 0 Å². The Morgan fingerprint density at radius 2 is 1.82 bits per heavy atom. The highest BCUT2D eigenvalue weighted by atomic mass is 28.4. The molecule has 1 N–H and O–H groups in total. The summed E-state index contributed by atoms with van der Waals surface area (Å²) in [6.07, 6.45) is 5.78. The van der Waals surface area contributed by atoms with Crippen molar-refractivity contribution in [1.29, 1.82) is 0 Å². The van der Waals surface area contributed by atoms with E-state index in [1.54, 1.807) is 0 Å². The van der Waals surface area contributed by atoms with Crippen molar-refractivity contribution in [3.63, 3.8) is 0 Å². The quantitative estimate of drug-likeness (QED) is 0.223. The molecule has 8 heteroatoms. The van der Waals surface area contributed by atoms with Gasteiger partial charge in [-0.2, -0.15) is 0 Å². The van der Waals surface area contributed by atoms with Crippen LogP contribution < -0.4 is 0 Å². The molecule has 2 aliphatic rings. The Balaban J connectivity index is 2.06. The predicted octanol–water partition coefficient (Wildman–Crippen LogP) is 5.28. The van der Waals surface area contributed by atoms with Gasteiger partial charge in [0.05, 0.1) is 36.3 Å². The number of hydrogen-bond acceptors (Lipinski definition) is 6. The maximum Gasteiger partial charge on any atom is 0.311 e. The van der Waals surface area contributed by atoms with Gasteiger partial charge >= 0.3 is 11.9 Å². The number of ether oxygens (including phenoxy) is 2. The molecule has 2 fully saturated rings. The number of carbonyl (C=O) groups is 3. The van der Waals surface area contributed by atoms with Crippen molar-refractivity contribution in [2.45, 2.75) is 116 Å². The van der Waals surface area contributed by atoms with Crippen LogP contribution >= 0.6 is 0 Å². The SMILES string of the molecule is CCC(C)(C)C(=O)OC[C@@H]1C[C@H]2CC[C@]1(/C=C/C(=O)CC(CC(=O)O)O[Si](C)(C)C(C)(C)C)O2. The zero-order chi connectivity index (χ0) is 25.9. The molecular formula is C26H44O7Si. The van der Waals surface area contributed by atoms with E-state index < -0.39 is 31.4 Å². The summed E-state index contributed by atoms with van der Waals surface area (Å²) in [5, 5.41) is 9.25. The van der Waals surface area contributed by atoms with Crippen molar-refractivity contribution in [1.82, 2.24) is 0 Å². The van der Waals surface area contributed by atoms with Gasteiger partial charge in [0.25, 0.3) is 0 Å². The first kappa shape index (κ1) is 28.7. The molecule has 2 rings (SSSR count). The van der Waals surface area contributed by atoms with E-state index in [0.717, 1.165) is 19.3 Å². The number of carboxylic acid groups (broad SMARTS) is 1. The van der Waals surface area contributed by atoms with Crippen molar-refractivity contribution in [3.8, 4) is 0 Å². The van der Waals surface area contributed by atoms with Crippen LogP contribution in [0.15, 0.2) is 12.2 Å². The third kappa shape index (κ3) is 7.01. The van der Waals surface area contributed by atoms with Gasteiger partial charge in [-0.15, -0.1) is 0 Å². The predicted molar refractivity (Wildman–Crippen MR) is 133 cm³/mol. The molecule has 0 spiro atoms. The van der Waals surface area contributed by atoms with E-state index in [1.165, 1.54) is 6.08 Å². The average molecular weight is 497 g/mol. The van der Waals surface area contributed by atoms with Crippen LogP contribution in [0.2, 0.25) is 18.1 Å². The molecule has 0 aliphatic carbocycles. The summed E-state index contributed by atoms with van der Waals surface area (Å²) in [4.78, 5) is 36.7. The van der Waals surface area contributed by atoms with E-state index in [-0.39, 0.29) is 48.3 Å². The van der Waals surface area contributed by atoms with Gasteiger partial charge < -0.3 is 19.0 Å². The fraction of sp³-hybridized carbons (Fsp3) is 0.808. The molecule has 0 aromatic heterocycles. The first-order valence-corrected chi connectivity index (χ1v) is 15.4. The third-order valence-electron chi connectivity index (χ3n) is 7.98. The van der Waals surface area contributed by atoms with E-state index in [4.69, 9.17) is 13.9 Å². The molecule has 194 valence electrons. The highest BCUT2D eigenvalue weighted by Gasteiger charge is 2.52. The van der Waals surface area contributed by atoms with Crippen molar-refractivity contribution >= 4 is 26.0 Å². The van der Waals surface area contributed by atoms with Gasteiger partial charge in [0.1, 0.15) is 0 Å². The maximum absolute atomic E-state index is 12.9. The van der Waals surface area contributed by atoms with Gasteiger partial charge in [-0.25, -0.2) is 0 Å². The number of fused-ring (bicyclic) bond motifs is 2. The summed E-state index contributed by atoms with van der Waals surface area (Å²) in [7, 11) is -2.23. The summed E-state index contributed by atoms with van der Waals surface area (Å²) >= 11 is 0. The first-order valence-electron chi connectivity index (χ1n) is 12.5. The molecule has 34 heavy (non-hydrogen) atoms. The van der Waals surface area contributed by atoms with Crippen LogP contribution in [-0.4, -0.2) is 55.6 Å². The second kappa shape index (κ2) is 10.6. The van der Waals surface area contributed by atoms with Gasteiger partial charge in [0.2, 0.25) is 0 Å². The standard InChI is InChI=1S/C26H44O7Si/c1-9-25(5,6)23(30)31-17-18-14-20-11-13-26(18,32-20)12-10-19(27)15-21(16-22(28)29)33-34(7,8)24(2,3)4/h10,12,18,20-21H,9,11,13-17H2,1-8H3,(H,28,29)/b12-10+/t18-,20+,21?,26-/m0/s1. The molecule has 2 bridgehead atoms. The Morgan fingerprint density at radius 3 is 2.35 bits per heavy atom. The third-order valence-corrected chi connectivity index (χ3v) is 12.5. The monoisotopic (exact) mass is 496 g/mol. The zero-order valence-corrected chi connectivity index (χ0v) is 23.2. The molecule has 0 aromatic rings. The highest BCUT2D eigenvalue weighted by molar-refractivity contribution is 6.74. The van der Waals surface area contributed by atoms with E-state index in [0.29, 0.717) is 6.42 Å². The highest BCUT2D eigenvalue weighted by Crippen LogP contribution is 2.49. The van der Waals surface area contributed by atoms with Crippen LogP contribution in [0.4, 0.5) is 0 Å². The average Bonchev–Trinajstić information content (AvgIpc) is 3.27. The Bertz CT molecular complexity index is 795. The lowest BCUT2D eigenvalue weighted by molar-refractivity contribution is -0.156. The fourth-order valence-electron chi connectivity index (χ4n) is 4.25. The first-order chi connectivity index (χ1) is 15.5. The smallest absolute Gasteiger partial charge is 0.311 e. The largest absolute Gasteiger partial charge is 0.481 e. The van der Waals surface area contributed by atoms with Crippen molar-refractivity contribution < 1.29 is 33.4 Å². The Morgan fingerprint density at radius 1 is 1.18 bits per heavy atom. The second-order valence-corrected chi connectivity index (χ2v) is 16.9. The molecule has 0 saturated carbocycles. The summed E-state index contributed by atoms with van der Waals surface area (Å²) in [6.45, 7) is 16.3. The van der Waals surface area contributed by atoms with Crippen molar-refractivity contribution in [2.24, 2.45) is 11.3 Å². The second-order valence-electron chi connectivity index (χ2n) is 12.1. The number of carboxylic acids is 1. The Labute approximate surface area is 205 Å². The zero-order valence-electron chi connectivity index (χ0n) is 22.2. The van der Waals surface area contributed by atoms with Gasteiger partial charge in [0.15, 0.2) is 14.1 Å². The summed E-state index contributed by atoms with van der Waals surface area (Å²) in [6, 6.07) is 0. The minimum atomic E-state index is -2.23. The molecule has 2 aliphatic heterocycles. The minimum Gasteiger partial charge on any atom is -0.481 e. The van der Waals surface area contributed by atoms with E-state index in [1.807, 2.05) is 26.8 Å². The lowest BCUT2D eigenvalue weighted by Crippen LogP contribution is -2.44. The van der Waals surface area contributed by atoms with Crippen LogP contribution in [0.3, 0.4) is 0 Å². The number of ketones is 1. The molecule has 2 saturated heterocycles. The maximum atomic E-state index is 12.9. The number of allylic oxidation sites excluding steroid dienone is 1. The molecule has 0 amide bonds. The Hall–Kier alpha value is -1.51. The van der Waals surface area contributed by atoms with Gasteiger partial charge in [-0.1, -0.05) is 27.7 Å². The van der Waals surface area contributed by atoms with Crippen LogP contribution in [0.1, 0.15) is 80.1 Å².